The number of anilines is 3. The fourth-order valence-electron chi connectivity index (χ4n) is 7.13. The van der Waals surface area contributed by atoms with Crippen LogP contribution >= 0.6 is 0 Å². The van der Waals surface area contributed by atoms with Crippen molar-refractivity contribution in [2.24, 2.45) is 0 Å². The number of nitrogens with zero attached hydrogens (tertiary/aromatic N) is 2. The molecule has 7 aromatic carbocycles. The Bertz CT molecular complexity index is 2540. The molecule has 0 saturated heterocycles. The van der Waals surface area contributed by atoms with Gasteiger partial charge in [-0.15, -0.1) is 0 Å². The van der Waals surface area contributed by atoms with Gasteiger partial charge in [-0.2, -0.15) is 0 Å². The molecule has 8 aromatic rings. The third kappa shape index (κ3) is 4.17. The van der Waals surface area contributed by atoms with Gasteiger partial charge in [0.15, 0.2) is 0 Å². The maximum Gasteiger partial charge on any atom is 0.208 e. The Kier molecular flexibility index (Phi) is 6.17. The van der Waals surface area contributed by atoms with Crippen LogP contribution in [0.15, 0.2) is 180 Å². The molecular weight excluding hydrogens is 597 g/mol. The van der Waals surface area contributed by atoms with Crippen molar-refractivity contribution in [2.75, 3.05) is 4.90 Å². The molecule has 0 atom stereocenters. The fraction of sp³-hybridized carbons (Fsp3) is 0. The molecule has 0 fully saturated rings. The summed E-state index contributed by atoms with van der Waals surface area (Å²) < 4.78 is 31.0. The molecule has 224 valence electrons. The van der Waals surface area contributed by atoms with Gasteiger partial charge in [0.2, 0.25) is 9.84 Å². The van der Waals surface area contributed by atoms with Crippen molar-refractivity contribution in [2.45, 2.75) is 9.79 Å². The monoisotopic (exact) mass is 624 g/mol. The van der Waals surface area contributed by atoms with Crippen LogP contribution in [0.2, 0.25) is 0 Å². The molecular formula is C42H28N2O2S. The van der Waals surface area contributed by atoms with Gasteiger partial charge in [-0.3, -0.25) is 0 Å². The number of benzene rings is 7. The highest BCUT2D eigenvalue weighted by Gasteiger charge is 2.36. The van der Waals surface area contributed by atoms with E-state index < -0.39 is 9.84 Å². The van der Waals surface area contributed by atoms with Crippen LogP contribution in [0.4, 0.5) is 17.1 Å². The van der Waals surface area contributed by atoms with Gasteiger partial charge in [-0.1, -0.05) is 109 Å². The lowest BCUT2D eigenvalue weighted by atomic mass is 9.95. The van der Waals surface area contributed by atoms with E-state index >= 15 is 0 Å². The highest BCUT2D eigenvalue weighted by atomic mass is 32.2. The van der Waals surface area contributed by atoms with E-state index in [1.165, 1.54) is 0 Å². The maximum atomic E-state index is 14.3. The van der Waals surface area contributed by atoms with E-state index in [0.717, 1.165) is 61.2 Å². The Morgan fingerprint density at radius 1 is 0.447 bits per heavy atom. The summed E-state index contributed by atoms with van der Waals surface area (Å²) in [7, 11) is -3.77. The first-order valence-corrected chi connectivity index (χ1v) is 17.1. The fourth-order valence-corrected chi connectivity index (χ4v) is 9.01. The predicted octanol–water partition coefficient (Wildman–Crippen LogP) is 10.7. The molecule has 0 unspecified atom stereocenters. The second-order valence-electron chi connectivity index (χ2n) is 11.8. The summed E-state index contributed by atoms with van der Waals surface area (Å²) in [6.45, 7) is 0. The summed E-state index contributed by atoms with van der Waals surface area (Å²) in [6.07, 6.45) is 0. The van der Waals surface area contributed by atoms with E-state index in [0.29, 0.717) is 15.4 Å². The summed E-state index contributed by atoms with van der Waals surface area (Å²) in [5.41, 5.74) is 9.01. The van der Waals surface area contributed by atoms with Crippen LogP contribution in [-0.4, -0.2) is 13.0 Å². The van der Waals surface area contributed by atoms with Crippen molar-refractivity contribution in [3.8, 4) is 27.9 Å². The number of hydrogen-bond donors (Lipinski definition) is 0. The maximum absolute atomic E-state index is 14.3. The highest BCUT2D eigenvalue weighted by Crippen LogP contribution is 2.51. The lowest BCUT2D eigenvalue weighted by Gasteiger charge is -2.28. The average Bonchev–Trinajstić information content (AvgIpc) is 3.57. The first-order valence-electron chi connectivity index (χ1n) is 15.6. The van der Waals surface area contributed by atoms with E-state index in [1.807, 2.05) is 72.8 Å². The molecule has 0 aliphatic carbocycles. The lowest BCUT2D eigenvalue weighted by Crippen LogP contribution is -2.12. The van der Waals surface area contributed by atoms with Crippen molar-refractivity contribution >= 4 is 48.7 Å². The molecule has 4 nitrogen and oxygen atoms in total. The van der Waals surface area contributed by atoms with E-state index in [-0.39, 0.29) is 0 Å². The Hall–Kier alpha value is -5.91. The molecule has 1 aliphatic heterocycles. The minimum atomic E-state index is -3.77. The molecule has 2 heterocycles. The van der Waals surface area contributed by atoms with Crippen LogP contribution < -0.4 is 4.90 Å². The number of rotatable bonds is 5. The SMILES string of the molecule is O=S1(=O)c2ccccc2-c2cccc(-c3cc4c5ccccc5n(-c5ccccc5)c4cc3N(c3ccccc3)c3ccccc3)c21. The van der Waals surface area contributed by atoms with Crippen LogP contribution in [0.25, 0.3) is 49.7 Å². The summed E-state index contributed by atoms with van der Waals surface area (Å²) >= 11 is 0. The molecule has 5 heteroatoms. The molecule has 0 N–H and O–H groups in total. The molecule has 1 aromatic heterocycles. The normalized spacial score (nSPS) is 13.0. The van der Waals surface area contributed by atoms with Crippen molar-refractivity contribution < 1.29 is 8.42 Å². The van der Waals surface area contributed by atoms with Crippen molar-refractivity contribution in [3.05, 3.63) is 170 Å². The minimum Gasteiger partial charge on any atom is -0.310 e. The summed E-state index contributed by atoms with van der Waals surface area (Å²) in [4.78, 5) is 2.94. The van der Waals surface area contributed by atoms with Crippen molar-refractivity contribution in [3.63, 3.8) is 0 Å². The quantitative estimate of drug-likeness (QED) is 0.191. The number of para-hydroxylation sites is 4. The van der Waals surface area contributed by atoms with Gasteiger partial charge in [0.1, 0.15) is 0 Å². The van der Waals surface area contributed by atoms with Gasteiger partial charge >= 0.3 is 0 Å². The van der Waals surface area contributed by atoms with Crippen LogP contribution in [0.5, 0.6) is 0 Å². The molecule has 0 amide bonds. The van der Waals surface area contributed by atoms with Gasteiger partial charge < -0.3 is 9.47 Å². The molecule has 0 bridgehead atoms. The molecule has 0 radical (unpaired) electrons. The zero-order valence-electron chi connectivity index (χ0n) is 25.3. The Labute approximate surface area is 273 Å². The van der Waals surface area contributed by atoms with Crippen molar-refractivity contribution in [1.29, 1.82) is 0 Å². The topological polar surface area (TPSA) is 42.3 Å². The van der Waals surface area contributed by atoms with E-state index in [2.05, 4.69) is 94.4 Å². The highest BCUT2D eigenvalue weighted by molar-refractivity contribution is 7.92. The molecule has 0 spiro atoms. The van der Waals surface area contributed by atoms with Gasteiger partial charge in [-0.25, -0.2) is 8.42 Å². The van der Waals surface area contributed by atoms with E-state index in [4.69, 9.17) is 0 Å². The molecule has 9 rings (SSSR count). The number of aromatic nitrogens is 1. The second-order valence-corrected chi connectivity index (χ2v) is 13.6. The molecule has 47 heavy (non-hydrogen) atoms. The van der Waals surface area contributed by atoms with Gasteiger partial charge in [0.05, 0.1) is 26.5 Å². The Morgan fingerprint density at radius 3 is 1.70 bits per heavy atom. The largest absolute Gasteiger partial charge is 0.310 e. The van der Waals surface area contributed by atoms with Gasteiger partial charge in [-0.05, 0) is 60.7 Å². The van der Waals surface area contributed by atoms with Crippen LogP contribution in [0, 0.1) is 0 Å². The third-order valence-electron chi connectivity index (χ3n) is 9.11. The third-order valence-corrected chi connectivity index (χ3v) is 11.0. The molecule has 0 saturated carbocycles. The average molecular weight is 625 g/mol. The van der Waals surface area contributed by atoms with Gasteiger partial charge in [0.25, 0.3) is 0 Å². The zero-order chi connectivity index (χ0) is 31.5. The Morgan fingerprint density at radius 2 is 1.00 bits per heavy atom. The first-order chi connectivity index (χ1) is 23.1. The number of hydrogen-bond acceptors (Lipinski definition) is 3. The van der Waals surface area contributed by atoms with Crippen LogP contribution in [-0.2, 0) is 9.84 Å². The lowest BCUT2D eigenvalue weighted by molar-refractivity contribution is 0.599. The minimum absolute atomic E-state index is 0.355. The number of sulfone groups is 1. The van der Waals surface area contributed by atoms with E-state index in [1.54, 1.807) is 12.1 Å². The zero-order valence-corrected chi connectivity index (χ0v) is 26.1. The van der Waals surface area contributed by atoms with Crippen LogP contribution in [0.3, 0.4) is 0 Å². The second kappa shape index (κ2) is 10.6. The standard InChI is InChI=1S/C42H28N2O2S/c45-47(46)41-26-13-11-22-33(41)34-23-14-24-35(42(34)47)37-27-36-32-21-10-12-25-38(32)44(31-19-8-3-9-20-31)40(36)28-39(37)43(29-15-4-1-5-16-29)30-17-6-2-7-18-30/h1-28H. The summed E-state index contributed by atoms with van der Waals surface area (Å²) in [6, 6.07) is 56.9. The predicted molar refractivity (Wildman–Crippen MR) is 192 cm³/mol. The van der Waals surface area contributed by atoms with E-state index in [9.17, 15) is 8.42 Å². The van der Waals surface area contributed by atoms with Crippen LogP contribution in [0.1, 0.15) is 0 Å². The molecule has 1 aliphatic rings. The van der Waals surface area contributed by atoms with Gasteiger partial charge in [0, 0.05) is 50.1 Å². The summed E-state index contributed by atoms with van der Waals surface area (Å²) in [5.74, 6) is 0. The summed E-state index contributed by atoms with van der Waals surface area (Å²) in [5, 5.41) is 2.15. The number of fused-ring (bicyclic) bond motifs is 6. The Balaban J connectivity index is 1.45. The smallest absolute Gasteiger partial charge is 0.208 e. The van der Waals surface area contributed by atoms with Crippen molar-refractivity contribution in [1.82, 2.24) is 4.57 Å². The first kappa shape index (κ1) is 27.4.